The van der Waals surface area contributed by atoms with Gasteiger partial charge in [-0.3, -0.25) is 0 Å². The Balaban J connectivity index is 1.60. The predicted molar refractivity (Wildman–Crippen MR) is 77.3 cm³/mol. The van der Waals surface area contributed by atoms with Crippen LogP contribution < -0.4 is 5.32 Å². The molecule has 2 unspecified atom stereocenters. The molecular weight excluding hydrogens is 236 g/mol. The average Bonchev–Trinajstić information content (AvgIpc) is 2.87. The molecule has 104 valence electrons. The molecule has 0 spiro atoms. The Bertz CT molecular complexity index is 420. The van der Waals surface area contributed by atoms with E-state index in [1.165, 1.54) is 38.8 Å². The number of aromatic nitrogens is 2. The van der Waals surface area contributed by atoms with Crippen molar-refractivity contribution in [2.24, 2.45) is 0 Å². The summed E-state index contributed by atoms with van der Waals surface area (Å²) < 4.78 is 0. The van der Waals surface area contributed by atoms with Gasteiger partial charge in [-0.2, -0.15) is 0 Å². The lowest BCUT2D eigenvalue weighted by Crippen LogP contribution is -2.42. The highest BCUT2D eigenvalue weighted by Gasteiger charge is 2.31. The predicted octanol–water partition coefficient (Wildman–Crippen LogP) is 2.47. The van der Waals surface area contributed by atoms with E-state index < -0.39 is 0 Å². The lowest BCUT2D eigenvalue weighted by Gasteiger charge is -2.35. The van der Waals surface area contributed by atoms with Crippen LogP contribution in [0, 0.1) is 0 Å². The molecule has 1 aromatic rings. The van der Waals surface area contributed by atoms with Crippen LogP contribution in [0.4, 0.5) is 5.82 Å². The minimum atomic E-state index is 0.587. The molecule has 0 aliphatic carbocycles. The van der Waals surface area contributed by atoms with Crippen molar-refractivity contribution in [1.29, 1.82) is 0 Å². The lowest BCUT2D eigenvalue weighted by molar-refractivity contribution is 0.188. The van der Waals surface area contributed by atoms with Crippen LogP contribution in [0.1, 0.15) is 44.7 Å². The summed E-state index contributed by atoms with van der Waals surface area (Å²) in [5.74, 6) is 1.01. The number of nitrogens with zero attached hydrogens (tertiary/aromatic N) is 3. The second-order valence-corrected chi connectivity index (χ2v) is 5.84. The first kappa shape index (κ1) is 12.9. The van der Waals surface area contributed by atoms with E-state index in [9.17, 15) is 0 Å². The standard InChI is InChI=1S/C15H24N4/c1-2-4-12-10-15(17-11-16-12)18-13-6-8-19-7-3-5-14(19)9-13/h10-11,13-14H,2-9H2,1H3,(H,16,17,18). The molecule has 2 fully saturated rings. The molecule has 2 atom stereocenters. The van der Waals surface area contributed by atoms with E-state index in [1.807, 2.05) is 0 Å². The molecule has 1 aromatic heterocycles. The molecule has 2 aliphatic rings. The van der Waals surface area contributed by atoms with Crippen LogP contribution in [0.3, 0.4) is 0 Å². The summed E-state index contributed by atoms with van der Waals surface area (Å²) in [5, 5.41) is 3.61. The summed E-state index contributed by atoms with van der Waals surface area (Å²) in [6, 6.07) is 3.51. The van der Waals surface area contributed by atoms with Gasteiger partial charge in [0.15, 0.2) is 0 Å². The van der Waals surface area contributed by atoms with Crippen LogP contribution in [0.2, 0.25) is 0 Å². The smallest absolute Gasteiger partial charge is 0.129 e. The van der Waals surface area contributed by atoms with Gasteiger partial charge in [-0.05, 0) is 38.6 Å². The van der Waals surface area contributed by atoms with E-state index >= 15 is 0 Å². The van der Waals surface area contributed by atoms with E-state index in [4.69, 9.17) is 0 Å². The summed E-state index contributed by atoms with van der Waals surface area (Å²) in [6.45, 7) is 4.74. The second-order valence-electron chi connectivity index (χ2n) is 5.84. The van der Waals surface area contributed by atoms with Crippen LogP contribution in [0.25, 0.3) is 0 Å². The molecule has 4 nitrogen and oxygen atoms in total. The van der Waals surface area contributed by atoms with Gasteiger partial charge in [0.05, 0.1) is 0 Å². The van der Waals surface area contributed by atoms with E-state index in [-0.39, 0.29) is 0 Å². The van der Waals surface area contributed by atoms with Crippen molar-refractivity contribution in [2.75, 3.05) is 18.4 Å². The molecule has 0 amide bonds. The van der Waals surface area contributed by atoms with Crippen LogP contribution in [-0.4, -0.2) is 40.0 Å². The third kappa shape index (κ3) is 3.06. The van der Waals surface area contributed by atoms with Crippen molar-refractivity contribution >= 4 is 5.82 Å². The molecule has 2 aliphatic heterocycles. The maximum atomic E-state index is 4.37. The summed E-state index contributed by atoms with van der Waals surface area (Å²) in [5.41, 5.74) is 1.15. The van der Waals surface area contributed by atoms with Crippen LogP contribution in [0.15, 0.2) is 12.4 Å². The molecule has 2 saturated heterocycles. The molecule has 3 heterocycles. The van der Waals surface area contributed by atoms with Gasteiger partial charge in [0.25, 0.3) is 0 Å². The number of fused-ring (bicyclic) bond motifs is 1. The number of hydrogen-bond donors (Lipinski definition) is 1. The Morgan fingerprint density at radius 3 is 3.16 bits per heavy atom. The molecule has 1 N–H and O–H groups in total. The maximum Gasteiger partial charge on any atom is 0.129 e. The van der Waals surface area contributed by atoms with Crippen molar-refractivity contribution in [3.05, 3.63) is 18.1 Å². The largest absolute Gasteiger partial charge is 0.367 e. The van der Waals surface area contributed by atoms with E-state index in [0.717, 1.165) is 30.4 Å². The quantitative estimate of drug-likeness (QED) is 0.903. The third-order valence-corrected chi connectivity index (χ3v) is 4.40. The Hall–Kier alpha value is -1.16. The zero-order valence-corrected chi connectivity index (χ0v) is 11.8. The van der Waals surface area contributed by atoms with Crippen molar-refractivity contribution in [2.45, 2.75) is 57.5 Å². The topological polar surface area (TPSA) is 41.0 Å². The highest BCUT2D eigenvalue weighted by Crippen LogP contribution is 2.28. The SMILES string of the molecule is CCCc1cc(NC2CCN3CCCC3C2)ncn1. The van der Waals surface area contributed by atoms with Gasteiger partial charge < -0.3 is 10.2 Å². The molecule has 0 radical (unpaired) electrons. The third-order valence-electron chi connectivity index (χ3n) is 4.40. The summed E-state index contributed by atoms with van der Waals surface area (Å²) >= 11 is 0. The molecule has 0 aromatic carbocycles. The minimum Gasteiger partial charge on any atom is -0.367 e. The van der Waals surface area contributed by atoms with E-state index in [2.05, 4.69) is 33.2 Å². The average molecular weight is 260 g/mol. The van der Waals surface area contributed by atoms with E-state index in [0.29, 0.717) is 6.04 Å². The fourth-order valence-corrected chi connectivity index (χ4v) is 3.43. The summed E-state index contributed by atoms with van der Waals surface area (Å²) in [6.07, 6.45) is 9.14. The van der Waals surface area contributed by atoms with Gasteiger partial charge >= 0.3 is 0 Å². The summed E-state index contributed by atoms with van der Waals surface area (Å²) in [4.78, 5) is 11.3. The normalized spacial score (nSPS) is 27.2. The minimum absolute atomic E-state index is 0.587. The fraction of sp³-hybridized carbons (Fsp3) is 0.733. The number of hydrogen-bond acceptors (Lipinski definition) is 4. The Labute approximate surface area is 115 Å². The van der Waals surface area contributed by atoms with Gasteiger partial charge in [0, 0.05) is 30.4 Å². The highest BCUT2D eigenvalue weighted by atomic mass is 15.2. The van der Waals surface area contributed by atoms with Crippen LogP contribution in [0.5, 0.6) is 0 Å². The van der Waals surface area contributed by atoms with Crippen molar-refractivity contribution < 1.29 is 0 Å². The number of aryl methyl sites for hydroxylation is 1. The first-order valence-corrected chi connectivity index (χ1v) is 7.66. The van der Waals surface area contributed by atoms with E-state index in [1.54, 1.807) is 6.33 Å². The van der Waals surface area contributed by atoms with Crippen LogP contribution in [-0.2, 0) is 6.42 Å². The Kier molecular flexibility index (Phi) is 3.97. The highest BCUT2D eigenvalue weighted by molar-refractivity contribution is 5.36. The van der Waals surface area contributed by atoms with Gasteiger partial charge in [-0.1, -0.05) is 13.3 Å². The maximum absolute atomic E-state index is 4.37. The molecule has 3 rings (SSSR count). The van der Waals surface area contributed by atoms with Gasteiger partial charge in [0.1, 0.15) is 12.1 Å². The molecule has 0 saturated carbocycles. The van der Waals surface area contributed by atoms with Crippen molar-refractivity contribution in [3.8, 4) is 0 Å². The molecular formula is C15H24N4. The molecule has 4 heteroatoms. The summed E-state index contributed by atoms with van der Waals surface area (Å²) in [7, 11) is 0. The Morgan fingerprint density at radius 2 is 2.26 bits per heavy atom. The first-order valence-electron chi connectivity index (χ1n) is 7.66. The number of anilines is 1. The fourth-order valence-electron chi connectivity index (χ4n) is 3.43. The lowest BCUT2D eigenvalue weighted by atomic mass is 9.97. The van der Waals surface area contributed by atoms with Gasteiger partial charge in [-0.25, -0.2) is 9.97 Å². The molecule has 0 bridgehead atoms. The van der Waals surface area contributed by atoms with Crippen LogP contribution >= 0.6 is 0 Å². The number of piperidine rings is 1. The second kappa shape index (κ2) is 5.87. The zero-order valence-electron chi connectivity index (χ0n) is 11.8. The van der Waals surface area contributed by atoms with Crippen molar-refractivity contribution in [3.63, 3.8) is 0 Å². The van der Waals surface area contributed by atoms with Gasteiger partial charge in [0.2, 0.25) is 0 Å². The number of rotatable bonds is 4. The zero-order chi connectivity index (χ0) is 13.1. The van der Waals surface area contributed by atoms with Crippen molar-refractivity contribution in [1.82, 2.24) is 14.9 Å². The monoisotopic (exact) mass is 260 g/mol. The Morgan fingerprint density at radius 1 is 1.32 bits per heavy atom. The first-order chi connectivity index (χ1) is 9.35. The number of nitrogens with one attached hydrogen (secondary N) is 1. The molecule has 19 heavy (non-hydrogen) atoms. The van der Waals surface area contributed by atoms with Gasteiger partial charge in [-0.15, -0.1) is 0 Å².